The van der Waals surface area contributed by atoms with Gasteiger partial charge in [0.25, 0.3) is 0 Å². The summed E-state index contributed by atoms with van der Waals surface area (Å²) in [6.45, 7) is 0. The van der Waals surface area contributed by atoms with E-state index >= 15 is 0 Å². The van der Waals surface area contributed by atoms with Crippen molar-refractivity contribution in [1.82, 2.24) is 4.57 Å². The number of fused-ring (bicyclic) bond motifs is 5. The number of halogens is 2. The number of nitrogens with zero attached hydrogens (tertiary/aromatic N) is 2. The molecule has 0 unspecified atom stereocenters. The Morgan fingerprint density at radius 1 is 0.352 bits per heavy atom. The highest BCUT2D eigenvalue weighted by Crippen LogP contribution is 2.49. The molecule has 2 nitrogen and oxygen atoms in total. The van der Waals surface area contributed by atoms with Gasteiger partial charge in [0.1, 0.15) is 11.6 Å². The first-order valence-electron chi connectivity index (χ1n) is 18.1. The molecule has 0 saturated heterocycles. The van der Waals surface area contributed by atoms with Gasteiger partial charge in [0.05, 0.1) is 16.7 Å². The van der Waals surface area contributed by atoms with E-state index in [1.165, 1.54) is 35.0 Å². The summed E-state index contributed by atoms with van der Waals surface area (Å²) in [5.41, 5.74) is 10.2. The van der Waals surface area contributed by atoms with E-state index in [2.05, 4.69) is 137 Å². The molecule has 256 valence electrons. The smallest absolute Gasteiger partial charge is 0.123 e. The van der Waals surface area contributed by atoms with Crippen molar-refractivity contribution >= 4 is 60.4 Å². The minimum atomic E-state index is -0.287. The molecular formula is C50H32F2N2. The van der Waals surface area contributed by atoms with Crippen LogP contribution in [0.25, 0.3) is 71.3 Å². The average molecular weight is 699 g/mol. The summed E-state index contributed by atoms with van der Waals surface area (Å²) in [6.07, 6.45) is 0. The van der Waals surface area contributed by atoms with Gasteiger partial charge in [-0.3, -0.25) is 0 Å². The van der Waals surface area contributed by atoms with E-state index in [0.717, 1.165) is 77.6 Å². The van der Waals surface area contributed by atoms with Gasteiger partial charge in [-0.1, -0.05) is 115 Å². The largest absolute Gasteiger partial charge is 0.310 e. The van der Waals surface area contributed by atoms with Crippen LogP contribution in [0, 0.1) is 11.6 Å². The molecule has 0 saturated carbocycles. The van der Waals surface area contributed by atoms with Crippen molar-refractivity contribution in [3.05, 3.63) is 206 Å². The molecule has 0 radical (unpaired) electrons. The van der Waals surface area contributed by atoms with Crippen LogP contribution in [0.2, 0.25) is 0 Å². The number of hydrogen-bond acceptors (Lipinski definition) is 1. The summed E-state index contributed by atoms with van der Waals surface area (Å²) < 4.78 is 31.1. The molecule has 1 heterocycles. The van der Waals surface area contributed by atoms with Gasteiger partial charge in [0.2, 0.25) is 0 Å². The molecule has 4 heteroatoms. The van der Waals surface area contributed by atoms with Gasteiger partial charge < -0.3 is 9.47 Å². The van der Waals surface area contributed by atoms with E-state index in [1.807, 2.05) is 42.5 Å². The van der Waals surface area contributed by atoms with Crippen molar-refractivity contribution in [3.63, 3.8) is 0 Å². The van der Waals surface area contributed by atoms with Crippen molar-refractivity contribution in [2.45, 2.75) is 0 Å². The Kier molecular flexibility index (Phi) is 7.55. The summed E-state index contributed by atoms with van der Waals surface area (Å²) in [5, 5.41) is 6.53. The first-order chi connectivity index (χ1) is 26.6. The predicted octanol–water partition coefficient (Wildman–Crippen LogP) is 14.2. The third kappa shape index (κ3) is 5.14. The maximum absolute atomic E-state index is 14.5. The molecule has 0 aliphatic carbocycles. The highest BCUT2D eigenvalue weighted by molar-refractivity contribution is 6.25. The van der Waals surface area contributed by atoms with Crippen molar-refractivity contribution in [1.29, 1.82) is 0 Å². The van der Waals surface area contributed by atoms with Crippen molar-refractivity contribution in [2.75, 3.05) is 4.90 Å². The number of rotatable bonds is 6. The van der Waals surface area contributed by atoms with Gasteiger partial charge in [-0.2, -0.15) is 0 Å². The molecular weight excluding hydrogens is 667 g/mol. The Morgan fingerprint density at radius 3 is 1.41 bits per heavy atom. The molecule has 0 aliphatic rings. The van der Waals surface area contributed by atoms with Crippen LogP contribution in [0.15, 0.2) is 194 Å². The quantitative estimate of drug-likeness (QED) is 0.157. The fourth-order valence-corrected chi connectivity index (χ4v) is 8.20. The molecule has 10 aromatic rings. The lowest BCUT2D eigenvalue weighted by Gasteiger charge is -2.29. The predicted molar refractivity (Wildman–Crippen MR) is 221 cm³/mol. The van der Waals surface area contributed by atoms with Gasteiger partial charge >= 0.3 is 0 Å². The van der Waals surface area contributed by atoms with Gasteiger partial charge in [-0.05, 0) is 117 Å². The fourth-order valence-electron chi connectivity index (χ4n) is 8.20. The number of hydrogen-bond donors (Lipinski definition) is 0. The third-order valence-corrected chi connectivity index (χ3v) is 10.5. The highest BCUT2D eigenvalue weighted by Gasteiger charge is 2.23. The SMILES string of the molecule is Fc1ccc(-c2c3ccccc3c(-c3ccc(F)cc3)c3c(N(c4ccccc4)c4ccc(-n5c6ccccc6c6ccccc65)cc4)cccc23)cc1. The van der Waals surface area contributed by atoms with Crippen LogP contribution in [-0.4, -0.2) is 4.57 Å². The standard InChI is InChI=1S/C50H32F2N2/c51-35-25-21-33(22-26-35)48-42-15-4-5-16-43(42)49(34-23-27-36(52)28-24-34)50-44(48)17-10-20-47(50)53(37-11-2-1-3-12-37)38-29-31-39(32-30-38)54-45-18-8-6-13-40(45)41-14-7-9-19-46(41)54/h1-32H. The van der Waals surface area contributed by atoms with Gasteiger partial charge in [-0.15, -0.1) is 0 Å². The van der Waals surface area contributed by atoms with Crippen molar-refractivity contribution < 1.29 is 8.78 Å². The molecule has 10 rings (SSSR count). The molecule has 0 bridgehead atoms. The Morgan fingerprint density at radius 2 is 0.815 bits per heavy atom. The second-order valence-corrected chi connectivity index (χ2v) is 13.6. The van der Waals surface area contributed by atoms with E-state index in [4.69, 9.17) is 0 Å². The number of para-hydroxylation sites is 3. The van der Waals surface area contributed by atoms with Crippen LogP contribution in [0.5, 0.6) is 0 Å². The lowest BCUT2D eigenvalue weighted by atomic mass is 9.85. The van der Waals surface area contributed by atoms with Crippen molar-refractivity contribution in [2.24, 2.45) is 0 Å². The molecule has 0 N–H and O–H groups in total. The Hall–Kier alpha value is -7.04. The summed E-state index contributed by atoms with van der Waals surface area (Å²) in [5.74, 6) is -0.569. The van der Waals surface area contributed by atoms with Crippen LogP contribution in [0.3, 0.4) is 0 Å². The lowest BCUT2D eigenvalue weighted by molar-refractivity contribution is 0.627. The monoisotopic (exact) mass is 698 g/mol. The Labute approximate surface area is 311 Å². The fraction of sp³-hybridized carbons (Fsp3) is 0. The summed E-state index contributed by atoms with van der Waals surface area (Å²) >= 11 is 0. The Bertz CT molecular complexity index is 2930. The molecule has 0 amide bonds. The molecule has 54 heavy (non-hydrogen) atoms. The van der Waals surface area contributed by atoms with E-state index in [1.54, 1.807) is 0 Å². The van der Waals surface area contributed by atoms with Crippen LogP contribution < -0.4 is 4.90 Å². The first kappa shape index (κ1) is 31.7. The summed E-state index contributed by atoms with van der Waals surface area (Å²) in [6, 6.07) is 64.4. The zero-order chi connectivity index (χ0) is 36.2. The topological polar surface area (TPSA) is 8.17 Å². The summed E-state index contributed by atoms with van der Waals surface area (Å²) in [4.78, 5) is 2.30. The van der Waals surface area contributed by atoms with E-state index in [9.17, 15) is 8.78 Å². The maximum Gasteiger partial charge on any atom is 0.123 e. The minimum absolute atomic E-state index is 0.282. The van der Waals surface area contributed by atoms with E-state index in [0.29, 0.717) is 0 Å². The number of aromatic nitrogens is 1. The second-order valence-electron chi connectivity index (χ2n) is 13.6. The van der Waals surface area contributed by atoms with Crippen molar-refractivity contribution in [3.8, 4) is 27.9 Å². The zero-order valence-electron chi connectivity index (χ0n) is 29.1. The van der Waals surface area contributed by atoms with Crippen LogP contribution in [-0.2, 0) is 0 Å². The highest BCUT2D eigenvalue weighted by atomic mass is 19.1. The van der Waals surface area contributed by atoms with Gasteiger partial charge in [-0.25, -0.2) is 8.78 Å². The minimum Gasteiger partial charge on any atom is -0.310 e. The van der Waals surface area contributed by atoms with Crippen LogP contribution in [0.4, 0.5) is 25.8 Å². The molecule has 0 atom stereocenters. The molecule has 9 aromatic carbocycles. The van der Waals surface area contributed by atoms with Crippen LogP contribution >= 0.6 is 0 Å². The lowest BCUT2D eigenvalue weighted by Crippen LogP contribution is -2.11. The average Bonchev–Trinajstić information content (AvgIpc) is 3.56. The van der Waals surface area contributed by atoms with E-state index < -0.39 is 0 Å². The number of benzene rings is 9. The molecule has 0 spiro atoms. The van der Waals surface area contributed by atoms with Gasteiger partial charge in [0.15, 0.2) is 0 Å². The van der Waals surface area contributed by atoms with Crippen LogP contribution in [0.1, 0.15) is 0 Å². The third-order valence-electron chi connectivity index (χ3n) is 10.5. The first-order valence-corrected chi connectivity index (χ1v) is 18.1. The molecule has 1 aromatic heterocycles. The summed E-state index contributed by atoms with van der Waals surface area (Å²) in [7, 11) is 0. The molecule has 0 aliphatic heterocycles. The van der Waals surface area contributed by atoms with E-state index in [-0.39, 0.29) is 11.6 Å². The maximum atomic E-state index is 14.5. The zero-order valence-corrected chi connectivity index (χ0v) is 29.1. The normalized spacial score (nSPS) is 11.5. The number of anilines is 3. The second kappa shape index (κ2) is 12.9. The molecule has 0 fully saturated rings. The van der Waals surface area contributed by atoms with Gasteiger partial charge in [0, 0.05) is 33.2 Å². The Balaban J connectivity index is 1.26.